The number of amides is 13. The second-order valence-corrected chi connectivity index (χ2v) is 26.7. The number of carbonyl (C=O) groups excluding carboxylic acids is 13. The number of unbranched alkanes of at least 4 members (excludes halogenated alkanes) is 1. The van der Waals surface area contributed by atoms with Gasteiger partial charge in [-0.05, 0) is 85.4 Å². The zero-order chi connectivity index (χ0) is 80.2. The first-order chi connectivity index (χ1) is 51.8. The van der Waals surface area contributed by atoms with Crippen molar-refractivity contribution in [2.75, 3.05) is 19.6 Å². The van der Waals surface area contributed by atoms with Crippen LogP contribution >= 0.6 is 0 Å². The highest BCUT2D eigenvalue weighted by atomic mass is 16.4. The second-order valence-electron chi connectivity index (χ2n) is 26.7. The lowest BCUT2D eigenvalue weighted by molar-refractivity contribution is -0.143. The van der Waals surface area contributed by atoms with Crippen LogP contribution in [0.2, 0.25) is 0 Å². The third-order valence-electron chi connectivity index (χ3n) is 18.0. The lowest BCUT2D eigenvalue weighted by Crippen LogP contribution is -2.61. The number of carboxylic acid groups (broad SMARTS) is 3. The topological polar surface area (TPSA) is 618 Å². The number of H-pyrrole nitrogens is 3. The smallest absolute Gasteiger partial charge is 0.326 e. The van der Waals surface area contributed by atoms with Crippen LogP contribution in [0.3, 0.4) is 0 Å². The predicted molar refractivity (Wildman–Crippen MR) is 394 cm³/mol. The number of carboxylic acids is 3. The molecule has 0 spiro atoms. The Hall–Kier alpha value is -12.3. The fourth-order valence-electron chi connectivity index (χ4n) is 11.9. The van der Waals surface area contributed by atoms with Crippen molar-refractivity contribution in [1.29, 1.82) is 0 Å². The van der Waals surface area contributed by atoms with Gasteiger partial charge in [-0.25, -0.2) is 4.79 Å². The summed E-state index contributed by atoms with van der Waals surface area (Å²) in [6.07, 6.45) is 1.10. The number of aromatic nitrogens is 3. The van der Waals surface area contributed by atoms with Gasteiger partial charge < -0.3 is 112 Å². The van der Waals surface area contributed by atoms with Gasteiger partial charge in [-0.3, -0.25) is 71.9 Å². The van der Waals surface area contributed by atoms with Crippen LogP contribution in [-0.2, 0) is 96.0 Å². The molecule has 0 aliphatic rings. The molecular formula is C72H96N18O19. The summed E-state index contributed by atoms with van der Waals surface area (Å²) in [4.78, 5) is 224. The Morgan fingerprint density at radius 2 is 0.807 bits per heavy atom. The number of para-hydroxylation sites is 3. The van der Waals surface area contributed by atoms with Crippen LogP contribution in [-0.4, -0.2) is 205 Å². The molecule has 11 atom stereocenters. The number of nitrogens with one attached hydrogen (secondary N) is 14. The van der Waals surface area contributed by atoms with Crippen molar-refractivity contribution in [2.45, 2.75) is 172 Å². The van der Waals surface area contributed by atoms with Crippen molar-refractivity contribution in [1.82, 2.24) is 73.4 Å². The van der Waals surface area contributed by atoms with Gasteiger partial charge in [-0.1, -0.05) is 88.7 Å². The molecule has 0 bridgehead atoms. The van der Waals surface area contributed by atoms with Gasteiger partial charge in [-0.15, -0.1) is 0 Å². The first-order valence-corrected chi connectivity index (χ1v) is 35.4. The van der Waals surface area contributed by atoms with Crippen molar-refractivity contribution in [2.24, 2.45) is 34.8 Å². The molecule has 0 saturated heterocycles. The monoisotopic (exact) mass is 1520 g/mol. The van der Waals surface area contributed by atoms with Crippen LogP contribution in [0.4, 0.5) is 0 Å². The normalized spacial score (nSPS) is 14.3. The minimum absolute atomic E-state index is 0.0122. The van der Waals surface area contributed by atoms with E-state index in [0.717, 1.165) is 0 Å². The molecule has 37 heteroatoms. The molecule has 0 radical (unpaired) electrons. The van der Waals surface area contributed by atoms with Crippen molar-refractivity contribution >= 4 is 127 Å². The summed E-state index contributed by atoms with van der Waals surface area (Å²) in [5.74, 6) is -18.8. The van der Waals surface area contributed by atoms with Crippen LogP contribution in [0, 0.1) is 11.8 Å². The predicted octanol–water partition coefficient (Wildman–Crippen LogP) is -2.52. The Morgan fingerprint density at radius 3 is 1.24 bits per heavy atom. The van der Waals surface area contributed by atoms with Gasteiger partial charge in [0.05, 0.1) is 32.0 Å². The molecule has 6 rings (SSSR count). The summed E-state index contributed by atoms with van der Waals surface area (Å²) in [5, 5.41) is 58.6. The average Bonchev–Trinajstić information content (AvgIpc) is 1.72. The molecule has 3 aromatic carbocycles. The maximum Gasteiger partial charge on any atom is 0.326 e. The number of benzene rings is 3. The van der Waals surface area contributed by atoms with E-state index in [9.17, 15) is 92.0 Å². The molecular weight excluding hydrogens is 1420 g/mol. The van der Waals surface area contributed by atoms with Crippen molar-refractivity contribution in [3.05, 3.63) is 108 Å². The Kier molecular flexibility index (Phi) is 32.7. The molecule has 0 aliphatic carbocycles. The fourth-order valence-corrected chi connectivity index (χ4v) is 11.9. The Balaban J connectivity index is 1.23. The Bertz CT molecular complexity index is 4280. The molecule has 3 heterocycles. The third kappa shape index (κ3) is 26.3. The fraction of sp³-hybridized carbons (Fsp3) is 0.444. The van der Waals surface area contributed by atoms with E-state index in [0.29, 0.717) is 68.7 Å². The molecule has 0 saturated carbocycles. The first kappa shape index (κ1) is 85.6. The standard InChI is InChI=1S/C72H96N18O19/c1-5-37(4)62(71(107)81-35-58(94)83-54(72(108)109)29-56(76)92)90-68(104)50(26-38-31-77-45-17-9-6-14-41(38)45)82-57(93)34-80-70(106)61(36(2)3)89-69(105)52(28-40-33-79-47-19-11-8-16-43(40)47)87-67(103)53(30-60(97)98)88-65(101)49(22-24-59(95)96)85-66(102)51(27-39-32-78-46-18-10-7-15-42(39)46)86-64(100)48(20-12-13-25-73)84-63(99)44(74)21-23-55(75)91/h6-11,14-19,31-33,36-37,44,48-54,61-62,77-79H,5,12-13,20-30,34-35,73-74H2,1-4H3,(H2,75,91)(H2,76,92)(H,80,106)(H,81,107)(H,82,93)(H,83,94)(H,84,99)(H,85,102)(H,86,100)(H,87,103)(H,88,101)(H,89,105)(H,90,104)(H,95,96)(H,97,98)(H,108,109)/t37-,44-,48-,49-,50-,51-,52-,53-,54-,61-,62-/m0/s1. The maximum atomic E-state index is 14.8. The molecule has 13 amide bonds. The number of carbonyl (C=O) groups is 16. The number of primary amides is 2. The summed E-state index contributed by atoms with van der Waals surface area (Å²) in [7, 11) is 0. The zero-order valence-corrected chi connectivity index (χ0v) is 60.6. The van der Waals surface area contributed by atoms with Crippen LogP contribution in [0.5, 0.6) is 0 Å². The van der Waals surface area contributed by atoms with Gasteiger partial charge in [0, 0.05) is 83.4 Å². The molecule has 37 nitrogen and oxygen atoms in total. The van der Waals surface area contributed by atoms with Crippen molar-refractivity contribution in [3.63, 3.8) is 0 Å². The number of hydrogen-bond donors (Lipinski definition) is 21. The molecule has 0 aliphatic heterocycles. The minimum Gasteiger partial charge on any atom is -0.481 e. The third-order valence-corrected chi connectivity index (χ3v) is 18.0. The van der Waals surface area contributed by atoms with Gasteiger partial charge in [0.15, 0.2) is 0 Å². The van der Waals surface area contributed by atoms with Gasteiger partial charge in [0.25, 0.3) is 0 Å². The van der Waals surface area contributed by atoms with E-state index in [1.807, 2.05) is 0 Å². The summed E-state index contributed by atoms with van der Waals surface area (Å²) >= 11 is 0. The van der Waals surface area contributed by atoms with Crippen molar-refractivity contribution in [3.8, 4) is 0 Å². The number of aromatic amines is 3. The average molecular weight is 1520 g/mol. The highest BCUT2D eigenvalue weighted by Crippen LogP contribution is 2.23. The molecule has 6 aromatic rings. The first-order valence-electron chi connectivity index (χ1n) is 35.4. The van der Waals surface area contributed by atoms with Crippen molar-refractivity contribution < 1.29 is 92.0 Å². The molecule has 0 fully saturated rings. The van der Waals surface area contributed by atoms with Gasteiger partial charge in [0.2, 0.25) is 76.8 Å². The molecule has 0 unspecified atom stereocenters. The Morgan fingerprint density at radius 1 is 0.413 bits per heavy atom. The van der Waals surface area contributed by atoms with E-state index in [1.54, 1.807) is 113 Å². The van der Waals surface area contributed by atoms with Crippen LogP contribution in [0.1, 0.15) is 109 Å². The number of aliphatic carboxylic acids is 3. The SMILES string of the molecule is CC[C@H](C)[C@H](NC(=O)[C@H](Cc1c[nH]c2ccccc12)NC(=O)CNC(=O)[C@@H](NC(=O)[C@H](Cc1c[nH]c2ccccc12)NC(=O)[C@H](CC(=O)O)NC(=O)[C@H](CCC(=O)O)NC(=O)[C@H](Cc1c[nH]c2ccccc12)NC(=O)[C@H](CCCCN)NC(=O)[C@@H](N)CCC(N)=O)C(C)C)C(=O)NCC(=O)N[C@@H](CC(N)=O)C(=O)O. The molecule has 3 aromatic heterocycles. The minimum atomic E-state index is -2.08. The molecule has 109 heavy (non-hydrogen) atoms. The van der Waals surface area contributed by atoms with E-state index in [-0.39, 0.29) is 45.1 Å². The lowest BCUT2D eigenvalue weighted by Gasteiger charge is -2.28. The lowest BCUT2D eigenvalue weighted by atomic mass is 9.97. The maximum absolute atomic E-state index is 14.8. The zero-order valence-electron chi connectivity index (χ0n) is 60.6. The van der Waals surface area contributed by atoms with E-state index >= 15 is 0 Å². The van der Waals surface area contributed by atoms with Crippen LogP contribution < -0.4 is 81.4 Å². The van der Waals surface area contributed by atoms with E-state index in [2.05, 4.69) is 73.4 Å². The van der Waals surface area contributed by atoms with Gasteiger partial charge in [0.1, 0.15) is 54.4 Å². The summed E-state index contributed by atoms with van der Waals surface area (Å²) in [5.41, 5.74) is 25.5. The van der Waals surface area contributed by atoms with E-state index in [4.69, 9.17) is 22.9 Å². The second kappa shape index (κ2) is 41.6. The summed E-state index contributed by atoms with van der Waals surface area (Å²) in [6, 6.07) is 4.89. The highest BCUT2D eigenvalue weighted by Gasteiger charge is 2.38. The van der Waals surface area contributed by atoms with Gasteiger partial charge in [-0.2, -0.15) is 0 Å². The van der Waals surface area contributed by atoms with Gasteiger partial charge >= 0.3 is 17.9 Å². The molecule has 588 valence electrons. The largest absolute Gasteiger partial charge is 0.481 e. The number of hydrogen-bond acceptors (Lipinski definition) is 18. The molecule has 25 N–H and O–H groups in total. The van der Waals surface area contributed by atoms with E-state index < -0.39 is 206 Å². The summed E-state index contributed by atoms with van der Waals surface area (Å²) in [6.45, 7) is 5.04. The number of rotatable bonds is 46. The van der Waals surface area contributed by atoms with E-state index in [1.165, 1.54) is 6.20 Å². The number of fused-ring (bicyclic) bond motifs is 3. The Labute approximate surface area is 624 Å². The van der Waals surface area contributed by atoms with Crippen LogP contribution in [0.25, 0.3) is 32.7 Å². The quantitative estimate of drug-likeness (QED) is 0.0175. The van der Waals surface area contributed by atoms with Crippen LogP contribution in [0.15, 0.2) is 91.4 Å². The number of nitrogens with two attached hydrogens (primary N) is 4. The summed E-state index contributed by atoms with van der Waals surface area (Å²) < 4.78 is 0. The highest BCUT2D eigenvalue weighted by molar-refractivity contribution is 6.01.